The first-order chi connectivity index (χ1) is 9.60. The van der Waals surface area contributed by atoms with Gasteiger partial charge in [-0.05, 0) is 31.5 Å². The molecule has 0 radical (unpaired) electrons. The Morgan fingerprint density at radius 3 is 2.70 bits per heavy atom. The fourth-order valence-corrected chi connectivity index (χ4v) is 2.34. The van der Waals surface area contributed by atoms with Crippen LogP contribution in [0.1, 0.15) is 65.2 Å². The Balaban J connectivity index is 2.03. The minimum atomic E-state index is 0.326. The molecular formula is C17H26N2O. The minimum absolute atomic E-state index is 0.326. The lowest BCUT2D eigenvalue weighted by Crippen LogP contribution is -2.14. The summed E-state index contributed by atoms with van der Waals surface area (Å²) in [7, 11) is 0. The maximum atomic E-state index is 5.73. The van der Waals surface area contributed by atoms with Crippen LogP contribution >= 0.6 is 0 Å². The Morgan fingerprint density at radius 2 is 2.00 bits per heavy atom. The lowest BCUT2D eigenvalue weighted by Gasteiger charge is -2.14. The van der Waals surface area contributed by atoms with Gasteiger partial charge in [0.05, 0.1) is 0 Å². The molecule has 1 atom stereocenters. The molecule has 3 nitrogen and oxygen atoms in total. The fraction of sp³-hybridized carbons (Fsp3) is 0.588. The summed E-state index contributed by atoms with van der Waals surface area (Å²) in [6, 6.07) is 6.67. The number of hydrogen-bond donors (Lipinski definition) is 1. The number of aromatic nitrogens is 1. The average molecular weight is 274 g/mol. The molecule has 0 amide bonds. The minimum Gasteiger partial charge on any atom is -0.440 e. The highest BCUT2D eigenvalue weighted by Gasteiger charge is 2.10. The lowest BCUT2D eigenvalue weighted by molar-refractivity contribution is 0.501. The molecule has 0 spiro atoms. The van der Waals surface area contributed by atoms with Crippen molar-refractivity contribution in [1.29, 1.82) is 0 Å². The molecule has 110 valence electrons. The molecule has 0 saturated heterocycles. The number of rotatable bonds is 7. The SMILES string of the molecule is CCCCCC(C)Nc1ccc2oc(C(C)C)nc2c1. The molecule has 3 heteroatoms. The van der Waals surface area contributed by atoms with Gasteiger partial charge in [0.25, 0.3) is 0 Å². The summed E-state index contributed by atoms with van der Waals surface area (Å²) in [5.74, 6) is 1.14. The van der Waals surface area contributed by atoms with E-state index < -0.39 is 0 Å². The molecule has 1 unspecified atom stereocenters. The highest BCUT2D eigenvalue weighted by molar-refractivity contribution is 5.77. The van der Waals surface area contributed by atoms with Gasteiger partial charge in [-0.1, -0.05) is 40.0 Å². The Labute approximate surface area is 121 Å². The number of nitrogens with one attached hydrogen (secondary N) is 1. The van der Waals surface area contributed by atoms with Gasteiger partial charge in [0.15, 0.2) is 11.5 Å². The molecule has 0 aliphatic heterocycles. The second-order valence-electron chi connectivity index (χ2n) is 5.93. The van der Waals surface area contributed by atoms with Crippen molar-refractivity contribution in [3.8, 4) is 0 Å². The Hall–Kier alpha value is -1.51. The molecule has 0 saturated carbocycles. The normalized spacial score (nSPS) is 13.1. The molecule has 2 rings (SSSR count). The third kappa shape index (κ3) is 3.75. The van der Waals surface area contributed by atoms with Gasteiger partial charge in [-0.15, -0.1) is 0 Å². The van der Waals surface area contributed by atoms with Crippen LogP contribution in [0.3, 0.4) is 0 Å². The van der Waals surface area contributed by atoms with Crippen LogP contribution in [0, 0.1) is 0 Å². The van der Waals surface area contributed by atoms with Crippen molar-refractivity contribution in [2.45, 2.75) is 65.3 Å². The molecule has 0 aliphatic rings. The van der Waals surface area contributed by atoms with Crippen molar-refractivity contribution in [1.82, 2.24) is 4.98 Å². The number of fused-ring (bicyclic) bond motifs is 1. The van der Waals surface area contributed by atoms with Crippen molar-refractivity contribution in [2.75, 3.05) is 5.32 Å². The Morgan fingerprint density at radius 1 is 1.20 bits per heavy atom. The molecular weight excluding hydrogens is 248 g/mol. The van der Waals surface area contributed by atoms with Crippen molar-refractivity contribution in [3.63, 3.8) is 0 Å². The topological polar surface area (TPSA) is 38.1 Å². The first kappa shape index (κ1) is 14.9. The van der Waals surface area contributed by atoms with Gasteiger partial charge in [-0.3, -0.25) is 0 Å². The number of nitrogens with zero attached hydrogens (tertiary/aromatic N) is 1. The van der Waals surface area contributed by atoms with E-state index in [1.165, 1.54) is 25.7 Å². The predicted octanol–water partition coefficient (Wildman–Crippen LogP) is 5.33. The highest BCUT2D eigenvalue weighted by atomic mass is 16.3. The molecule has 1 aromatic heterocycles. The van der Waals surface area contributed by atoms with Gasteiger partial charge in [0.1, 0.15) is 5.52 Å². The van der Waals surface area contributed by atoms with Crippen LogP contribution in [0.2, 0.25) is 0 Å². The summed E-state index contributed by atoms with van der Waals surface area (Å²) in [5, 5.41) is 3.55. The predicted molar refractivity (Wildman–Crippen MR) is 85.3 cm³/mol. The lowest BCUT2D eigenvalue weighted by atomic mass is 10.1. The van der Waals surface area contributed by atoms with Crippen LogP contribution in [0.4, 0.5) is 5.69 Å². The Bertz CT molecular complexity index is 545. The van der Waals surface area contributed by atoms with E-state index in [1.54, 1.807) is 0 Å². The quantitative estimate of drug-likeness (QED) is 0.693. The van der Waals surface area contributed by atoms with Crippen molar-refractivity contribution in [3.05, 3.63) is 24.1 Å². The number of anilines is 1. The summed E-state index contributed by atoms with van der Waals surface area (Å²) in [6.45, 7) is 8.67. The van der Waals surface area contributed by atoms with E-state index in [4.69, 9.17) is 4.42 Å². The maximum Gasteiger partial charge on any atom is 0.198 e. The van der Waals surface area contributed by atoms with E-state index in [9.17, 15) is 0 Å². The molecule has 0 bridgehead atoms. The third-order valence-electron chi connectivity index (χ3n) is 3.55. The molecule has 1 N–H and O–H groups in total. The maximum absolute atomic E-state index is 5.73. The summed E-state index contributed by atoms with van der Waals surface area (Å²) >= 11 is 0. The van der Waals surface area contributed by atoms with Gasteiger partial charge in [0.2, 0.25) is 0 Å². The average Bonchev–Trinajstić information content (AvgIpc) is 2.82. The molecule has 2 aromatic rings. The van der Waals surface area contributed by atoms with Crippen molar-refractivity contribution < 1.29 is 4.42 Å². The molecule has 20 heavy (non-hydrogen) atoms. The van der Waals surface area contributed by atoms with Crippen LogP contribution in [0.5, 0.6) is 0 Å². The summed E-state index contributed by atoms with van der Waals surface area (Å²) in [4.78, 5) is 4.55. The van der Waals surface area contributed by atoms with Gasteiger partial charge in [-0.25, -0.2) is 4.98 Å². The smallest absolute Gasteiger partial charge is 0.198 e. The summed E-state index contributed by atoms with van der Waals surface area (Å²) in [6.07, 6.45) is 5.08. The van der Waals surface area contributed by atoms with Crippen LogP contribution < -0.4 is 5.32 Å². The van der Waals surface area contributed by atoms with E-state index in [1.807, 2.05) is 6.07 Å². The van der Waals surface area contributed by atoms with Gasteiger partial charge in [0, 0.05) is 17.6 Å². The van der Waals surface area contributed by atoms with Crippen LogP contribution in [-0.2, 0) is 0 Å². The molecule has 0 aliphatic carbocycles. The fourth-order valence-electron chi connectivity index (χ4n) is 2.34. The molecule has 1 aromatic carbocycles. The van der Waals surface area contributed by atoms with E-state index in [0.29, 0.717) is 12.0 Å². The van der Waals surface area contributed by atoms with E-state index >= 15 is 0 Å². The summed E-state index contributed by atoms with van der Waals surface area (Å²) in [5.41, 5.74) is 2.95. The number of oxazole rings is 1. The van der Waals surface area contributed by atoms with E-state index in [-0.39, 0.29) is 0 Å². The first-order valence-corrected chi connectivity index (χ1v) is 7.77. The standard InChI is InChI=1S/C17H26N2O/c1-5-6-7-8-13(4)18-14-9-10-16-15(11-14)19-17(20-16)12(2)3/h9-13,18H,5-8H2,1-4H3. The van der Waals surface area contributed by atoms with Gasteiger partial charge < -0.3 is 9.73 Å². The Kier molecular flexibility index (Phi) is 5.05. The van der Waals surface area contributed by atoms with E-state index in [0.717, 1.165) is 22.7 Å². The van der Waals surface area contributed by atoms with Crippen LogP contribution in [0.15, 0.2) is 22.6 Å². The van der Waals surface area contributed by atoms with Crippen LogP contribution in [-0.4, -0.2) is 11.0 Å². The zero-order valence-corrected chi connectivity index (χ0v) is 13.1. The van der Waals surface area contributed by atoms with E-state index in [2.05, 4.69) is 50.1 Å². The second kappa shape index (κ2) is 6.78. The number of benzene rings is 1. The highest BCUT2D eigenvalue weighted by Crippen LogP contribution is 2.24. The number of hydrogen-bond acceptors (Lipinski definition) is 3. The second-order valence-corrected chi connectivity index (χ2v) is 5.93. The third-order valence-corrected chi connectivity index (χ3v) is 3.55. The zero-order valence-electron chi connectivity index (χ0n) is 13.1. The molecule has 1 heterocycles. The first-order valence-electron chi connectivity index (χ1n) is 7.77. The van der Waals surface area contributed by atoms with Crippen LogP contribution in [0.25, 0.3) is 11.1 Å². The number of unbranched alkanes of at least 4 members (excludes halogenated alkanes) is 2. The van der Waals surface area contributed by atoms with Crippen molar-refractivity contribution >= 4 is 16.8 Å². The van der Waals surface area contributed by atoms with Gasteiger partial charge >= 0.3 is 0 Å². The monoisotopic (exact) mass is 274 g/mol. The van der Waals surface area contributed by atoms with Crippen molar-refractivity contribution in [2.24, 2.45) is 0 Å². The largest absolute Gasteiger partial charge is 0.440 e. The molecule has 0 fully saturated rings. The van der Waals surface area contributed by atoms with Gasteiger partial charge in [-0.2, -0.15) is 0 Å². The zero-order chi connectivity index (χ0) is 14.5. The summed E-state index contributed by atoms with van der Waals surface area (Å²) < 4.78 is 5.73.